The third kappa shape index (κ3) is 1.51. The molecule has 2 aliphatic rings. The molecule has 0 saturated carbocycles. The molecule has 1 heteroatoms. The second kappa shape index (κ2) is 3.28. The Kier molecular flexibility index (Phi) is 2.13. The van der Waals surface area contributed by atoms with Crippen LogP contribution in [0.1, 0.15) is 12.8 Å². The summed E-state index contributed by atoms with van der Waals surface area (Å²) in [5.41, 5.74) is 0. The van der Waals surface area contributed by atoms with Gasteiger partial charge in [0, 0.05) is 5.92 Å². The Morgan fingerprint density at radius 1 is 1.33 bits per heavy atom. The summed E-state index contributed by atoms with van der Waals surface area (Å²) in [5.74, 6) is 0.576. The molecule has 0 bridgehead atoms. The van der Waals surface area contributed by atoms with Crippen LogP contribution in [0.25, 0.3) is 0 Å². The third-order valence-corrected chi connectivity index (χ3v) is 2.45. The molecule has 1 heterocycles. The van der Waals surface area contributed by atoms with Gasteiger partial charge in [-0.2, -0.15) is 0 Å². The maximum atomic E-state index is 5.46. The first-order chi connectivity index (χ1) is 5.92. The summed E-state index contributed by atoms with van der Waals surface area (Å²) in [6, 6.07) is 0. The van der Waals surface area contributed by atoms with E-state index in [0.29, 0.717) is 18.1 Å². The number of allylic oxidation sites excluding steroid dienone is 3. The average Bonchev–Trinajstić information content (AvgIpc) is 2.89. The third-order valence-electron chi connectivity index (χ3n) is 2.45. The van der Waals surface area contributed by atoms with E-state index in [-0.39, 0.29) is 0 Å². The molecule has 0 spiro atoms. The molecule has 0 aromatic carbocycles. The van der Waals surface area contributed by atoms with Crippen LogP contribution in [0.3, 0.4) is 0 Å². The van der Waals surface area contributed by atoms with E-state index in [9.17, 15) is 0 Å². The molecule has 0 amide bonds. The van der Waals surface area contributed by atoms with Gasteiger partial charge in [0.25, 0.3) is 0 Å². The molecule has 64 valence electrons. The van der Waals surface area contributed by atoms with Gasteiger partial charge in [0.15, 0.2) is 0 Å². The van der Waals surface area contributed by atoms with Crippen molar-refractivity contribution in [2.45, 2.75) is 25.0 Å². The van der Waals surface area contributed by atoms with Gasteiger partial charge in [0.1, 0.15) is 6.10 Å². The minimum atomic E-state index is 0.311. The lowest BCUT2D eigenvalue weighted by Crippen LogP contribution is -2.05. The van der Waals surface area contributed by atoms with Gasteiger partial charge >= 0.3 is 0 Å². The largest absolute Gasteiger partial charge is 0.365 e. The summed E-state index contributed by atoms with van der Waals surface area (Å²) in [6.07, 6.45) is 13.7. The second-order valence-corrected chi connectivity index (χ2v) is 3.34. The van der Waals surface area contributed by atoms with Crippen LogP contribution in [-0.4, -0.2) is 12.2 Å². The Balaban J connectivity index is 1.95. The number of epoxide rings is 1. The summed E-state index contributed by atoms with van der Waals surface area (Å²) in [7, 11) is 0. The number of ether oxygens (including phenoxy) is 1. The maximum Gasteiger partial charge on any atom is 0.103 e. The lowest BCUT2D eigenvalue weighted by atomic mass is 9.99. The lowest BCUT2D eigenvalue weighted by Gasteiger charge is -2.03. The van der Waals surface area contributed by atoms with Crippen LogP contribution in [0.4, 0.5) is 0 Å². The van der Waals surface area contributed by atoms with Crippen LogP contribution in [0.15, 0.2) is 37.0 Å². The molecular formula is C11H14O. The molecule has 1 nitrogen and oxygen atoms in total. The Morgan fingerprint density at radius 2 is 2.25 bits per heavy atom. The highest BCUT2D eigenvalue weighted by atomic mass is 16.6. The van der Waals surface area contributed by atoms with E-state index >= 15 is 0 Å². The van der Waals surface area contributed by atoms with Gasteiger partial charge in [-0.05, 0) is 12.8 Å². The highest BCUT2D eigenvalue weighted by molar-refractivity contribution is 5.11. The highest BCUT2D eigenvalue weighted by Gasteiger charge is 2.40. The number of rotatable bonds is 2. The van der Waals surface area contributed by atoms with E-state index in [4.69, 9.17) is 4.74 Å². The van der Waals surface area contributed by atoms with Crippen LogP contribution in [0, 0.1) is 5.92 Å². The minimum absolute atomic E-state index is 0.311. The smallest absolute Gasteiger partial charge is 0.103 e. The van der Waals surface area contributed by atoms with Crippen LogP contribution in [0.2, 0.25) is 0 Å². The van der Waals surface area contributed by atoms with Gasteiger partial charge in [-0.15, -0.1) is 6.58 Å². The van der Waals surface area contributed by atoms with Gasteiger partial charge in [0.05, 0.1) is 6.10 Å². The van der Waals surface area contributed by atoms with Crippen molar-refractivity contribution in [3.63, 3.8) is 0 Å². The van der Waals surface area contributed by atoms with E-state index in [1.54, 1.807) is 0 Å². The zero-order valence-electron chi connectivity index (χ0n) is 7.15. The Labute approximate surface area is 73.4 Å². The van der Waals surface area contributed by atoms with E-state index in [1.807, 2.05) is 6.08 Å². The Hall–Kier alpha value is -0.820. The molecule has 1 fully saturated rings. The minimum Gasteiger partial charge on any atom is -0.365 e. The quantitative estimate of drug-likeness (QED) is 0.449. The van der Waals surface area contributed by atoms with Gasteiger partial charge in [-0.1, -0.05) is 30.4 Å². The van der Waals surface area contributed by atoms with Crippen molar-refractivity contribution in [1.82, 2.24) is 0 Å². The zero-order chi connectivity index (χ0) is 8.39. The van der Waals surface area contributed by atoms with Crippen molar-refractivity contribution < 1.29 is 4.74 Å². The SMILES string of the molecule is C=C[C@H]1O[C@H]1C1C=CCC=CC1. The molecule has 3 atom stereocenters. The van der Waals surface area contributed by atoms with Gasteiger partial charge in [-0.3, -0.25) is 0 Å². The molecule has 12 heavy (non-hydrogen) atoms. The zero-order valence-corrected chi connectivity index (χ0v) is 7.15. The van der Waals surface area contributed by atoms with E-state index in [2.05, 4.69) is 30.9 Å². The lowest BCUT2D eigenvalue weighted by molar-refractivity contribution is 0.350. The first-order valence-electron chi connectivity index (χ1n) is 4.51. The standard InChI is InChI=1S/C11H14O/c1-2-10-11(12-10)9-7-5-3-4-6-8-9/h2-3,5-6,8-11H,1,4,7H2/t9?,10-,11+/m1/s1. The van der Waals surface area contributed by atoms with Crippen molar-refractivity contribution in [2.75, 3.05) is 0 Å². The van der Waals surface area contributed by atoms with Crippen molar-refractivity contribution in [2.24, 2.45) is 5.92 Å². The first-order valence-corrected chi connectivity index (χ1v) is 4.51. The van der Waals surface area contributed by atoms with Gasteiger partial charge in [-0.25, -0.2) is 0 Å². The molecule has 0 aromatic heterocycles. The molecule has 2 rings (SSSR count). The fourth-order valence-corrected chi connectivity index (χ4v) is 1.67. The fourth-order valence-electron chi connectivity index (χ4n) is 1.67. The Bertz CT molecular complexity index is 227. The van der Waals surface area contributed by atoms with E-state index in [0.717, 1.165) is 12.8 Å². The number of hydrogen-bond donors (Lipinski definition) is 0. The van der Waals surface area contributed by atoms with Gasteiger partial charge < -0.3 is 4.74 Å². The van der Waals surface area contributed by atoms with E-state index < -0.39 is 0 Å². The van der Waals surface area contributed by atoms with Crippen LogP contribution in [-0.2, 0) is 4.74 Å². The Morgan fingerprint density at radius 3 is 3.00 bits per heavy atom. The summed E-state index contributed by atoms with van der Waals surface area (Å²) in [6.45, 7) is 3.72. The predicted molar refractivity (Wildman–Crippen MR) is 49.9 cm³/mol. The molecule has 0 radical (unpaired) electrons. The molecular weight excluding hydrogens is 148 g/mol. The second-order valence-electron chi connectivity index (χ2n) is 3.34. The normalized spacial score (nSPS) is 39.2. The average molecular weight is 162 g/mol. The fraction of sp³-hybridized carbons (Fsp3) is 0.455. The van der Waals surface area contributed by atoms with Gasteiger partial charge in [0.2, 0.25) is 0 Å². The van der Waals surface area contributed by atoms with Crippen molar-refractivity contribution in [3.05, 3.63) is 37.0 Å². The highest BCUT2D eigenvalue weighted by Crippen LogP contribution is 2.34. The maximum absolute atomic E-state index is 5.46. The molecule has 1 aliphatic heterocycles. The monoisotopic (exact) mass is 162 g/mol. The summed E-state index contributed by atoms with van der Waals surface area (Å²) in [4.78, 5) is 0. The van der Waals surface area contributed by atoms with Crippen molar-refractivity contribution >= 4 is 0 Å². The first kappa shape index (κ1) is 7.81. The molecule has 1 saturated heterocycles. The summed E-state index contributed by atoms with van der Waals surface area (Å²) < 4.78 is 5.46. The van der Waals surface area contributed by atoms with Crippen molar-refractivity contribution in [1.29, 1.82) is 0 Å². The van der Waals surface area contributed by atoms with E-state index in [1.165, 1.54) is 0 Å². The number of hydrogen-bond acceptors (Lipinski definition) is 1. The molecule has 1 aliphatic carbocycles. The summed E-state index contributed by atoms with van der Waals surface area (Å²) >= 11 is 0. The topological polar surface area (TPSA) is 12.5 Å². The molecule has 0 N–H and O–H groups in total. The van der Waals surface area contributed by atoms with Crippen LogP contribution < -0.4 is 0 Å². The van der Waals surface area contributed by atoms with Crippen molar-refractivity contribution in [3.8, 4) is 0 Å². The predicted octanol–water partition coefficient (Wildman–Crippen LogP) is 2.46. The summed E-state index contributed by atoms with van der Waals surface area (Å²) in [5, 5.41) is 0. The molecule has 0 aromatic rings. The van der Waals surface area contributed by atoms with Crippen LogP contribution >= 0.6 is 0 Å². The molecule has 1 unspecified atom stereocenters. The van der Waals surface area contributed by atoms with Crippen LogP contribution in [0.5, 0.6) is 0 Å².